The molecular weight excluding hydrogens is 286 g/mol. The Morgan fingerprint density at radius 3 is 1.72 bits per heavy atom. The first-order valence-corrected chi connectivity index (χ1v) is 5.88. The Hall–Kier alpha value is 0.870. The zero-order valence-electron chi connectivity index (χ0n) is 8.44. The van der Waals surface area contributed by atoms with Crippen molar-refractivity contribution in [3.63, 3.8) is 0 Å². The number of hydrogen-bond donors (Lipinski definition) is 8. The normalized spacial score (nSPS) is 20.4. The van der Waals surface area contributed by atoms with Gasteiger partial charge < -0.3 is 40.4 Å². The number of aliphatic hydroxyl groups excluding tert-OH is 6. The summed E-state index contributed by atoms with van der Waals surface area (Å²) >= 11 is 0. The van der Waals surface area contributed by atoms with Crippen LogP contribution in [0, 0.1) is 0 Å². The van der Waals surface area contributed by atoms with E-state index in [1.165, 1.54) is 0 Å². The summed E-state index contributed by atoms with van der Waals surface area (Å²) in [6, 6.07) is 0. The summed E-state index contributed by atoms with van der Waals surface area (Å²) in [5.74, 6) is 0. The maximum atomic E-state index is 10.3. The van der Waals surface area contributed by atoms with Gasteiger partial charge in [0.1, 0.15) is 24.4 Å². The number of rotatable bonds is 7. The molecule has 0 aliphatic rings. The molecule has 12 heteroatoms. The van der Waals surface area contributed by atoms with Crippen LogP contribution in [0.2, 0.25) is 0 Å². The molecule has 0 aliphatic carbocycles. The zero-order chi connectivity index (χ0) is 13.8. The molecule has 0 saturated carbocycles. The van der Waals surface area contributed by atoms with Crippen molar-refractivity contribution >= 4 is 37.4 Å². The van der Waals surface area contributed by atoms with Crippen LogP contribution in [0.5, 0.6) is 0 Å². The Morgan fingerprint density at radius 1 is 0.944 bits per heavy atom. The fourth-order valence-corrected chi connectivity index (χ4v) is 1.32. The topological polar surface area (TPSA) is 188 Å². The van der Waals surface area contributed by atoms with Crippen LogP contribution in [0.15, 0.2) is 0 Å². The van der Waals surface area contributed by atoms with Gasteiger partial charge >= 0.3 is 37.4 Å². The molecule has 0 aromatic heterocycles. The summed E-state index contributed by atoms with van der Waals surface area (Å²) in [7, 11) is -5.09. The summed E-state index contributed by atoms with van der Waals surface area (Å²) in [5.41, 5.74) is 0. The molecule has 10 nitrogen and oxygen atoms in total. The van der Waals surface area contributed by atoms with E-state index < -0.39 is 45.1 Å². The first-order chi connectivity index (χ1) is 7.60. The summed E-state index contributed by atoms with van der Waals surface area (Å²) in [6.45, 7) is -0.930. The molecule has 0 saturated heterocycles. The van der Waals surface area contributed by atoms with Gasteiger partial charge in [-0.3, -0.25) is 4.52 Å². The molecule has 0 radical (unpaired) electrons. The predicted molar refractivity (Wildman–Crippen MR) is 57.4 cm³/mol. The van der Waals surface area contributed by atoms with Crippen molar-refractivity contribution in [3.05, 3.63) is 0 Å². The fraction of sp³-hybridized carbons (Fsp3) is 1.00. The van der Waals surface area contributed by atoms with Gasteiger partial charge in [0, 0.05) is 0 Å². The van der Waals surface area contributed by atoms with Gasteiger partial charge in [0.15, 0.2) is 6.29 Å². The van der Waals surface area contributed by atoms with Crippen molar-refractivity contribution in [1.29, 1.82) is 0 Å². The molecule has 8 N–H and O–H groups in total. The van der Waals surface area contributed by atoms with Gasteiger partial charge in [-0.1, -0.05) is 0 Å². The van der Waals surface area contributed by atoms with Gasteiger partial charge in [-0.05, 0) is 0 Å². The van der Waals surface area contributed by atoms with Crippen LogP contribution in [-0.2, 0) is 9.09 Å². The molecule has 0 aromatic rings. The van der Waals surface area contributed by atoms with Crippen molar-refractivity contribution in [3.8, 4) is 0 Å². The van der Waals surface area contributed by atoms with Crippen LogP contribution < -0.4 is 0 Å². The molecule has 0 fully saturated rings. The van der Waals surface area contributed by atoms with Gasteiger partial charge in [-0.25, -0.2) is 4.57 Å². The monoisotopic (exact) mass is 302 g/mol. The van der Waals surface area contributed by atoms with Crippen LogP contribution in [-0.4, -0.2) is 107 Å². The van der Waals surface area contributed by atoms with Gasteiger partial charge in [-0.15, -0.1) is 0 Å². The standard InChI is InChI=1S/C6H15O10P.Na.H/c7-1-2(8)3(9)4(10)5(11)6(12)16-17(13,14)15;;/h2-12H,1H2,(H2,13,14,15);;/t2-,3-,4+,5+,6?;;/m1../s1. The van der Waals surface area contributed by atoms with E-state index in [1.54, 1.807) is 0 Å². The molecule has 0 heterocycles. The van der Waals surface area contributed by atoms with E-state index in [0.717, 1.165) is 0 Å². The Labute approximate surface area is 124 Å². The molecule has 5 atom stereocenters. The first kappa shape index (κ1) is 21.2. The van der Waals surface area contributed by atoms with Gasteiger partial charge in [0.05, 0.1) is 6.61 Å². The van der Waals surface area contributed by atoms with Crippen molar-refractivity contribution in [2.75, 3.05) is 6.61 Å². The van der Waals surface area contributed by atoms with Crippen LogP contribution in [0.25, 0.3) is 0 Å². The molecule has 0 bridgehead atoms. The van der Waals surface area contributed by atoms with Crippen LogP contribution >= 0.6 is 7.82 Å². The Bertz CT molecular complexity index is 271. The molecule has 1 unspecified atom stereocenters. The van der Waals surface area contributed by atoms with E-state index in [9.17, 15) is 9.67 Å². The first-order valence-electron chi connectivity index (χ1n) is 4.35. The van der Waals surface area contributed by atoms with E-state index in [1.807, 2.05) is 0 Å². The van der Waals surface area contributed by atoms with Crippen LogP contribution in [0.1, 0.15) is 0 Å². The number of aliphatic hydroxyl groups is 6. The maximum absolute atomic E-state index is 10.3. The van der Waals surface area contributed by atoms with Crippen molar-refractivity contribution in [2.24, 2.45) is 0 Å². The average molecular weight is 302 g/mol. The van der Waals surface area contributed by atoms with E-state index in [2.05, 4.69) is 4.52 Å². The summed E-state index contributed by atoms with van der Waals surface area (Å²) < 4.78 is 13.9. The van der Waals surface area contributed by atoms with Crippen molar-refractivity contribution in [1.82, 2.24) is 0 Å². The molecule has 0 aliphatic heterocycles. The Balaban J connectivity index is 0. The number of phosphoric acid groups is 1. The molecule has 0 spiro atoms. The third-order valence-corrected chi connectivity index (χ3v) is 2.31. The minimum absolute atomic E-state index is 0. The second-order valence-electron chi connectivity index (χ2n) is 3.21. The summed E-state index contributed by atoms with van der Waals surface area (Å²) in [4.78, 5) is 16.6. The van der Waals surface area contributed by atoms with E-state index in [0.29, 0.717) is 0 Å². The third-order valence-electron chi connectivity index (χ3n) is 1.82. The Morgan fingerprint density at radius 2 is 1.39 bits per heavy atom. The minimum atomic E-state index is -5.09. The average Bonchev–Trinajstić information content (AvgIpc) is 2.22. The van der Waals surface area contributed by atoms with Crippen molar-refractivity contribution < 1.29 is 49.5 Å². The van der Waals surface area contributed by atoms with E-state index in [-0.39, 0.29) is 29.6 Å². The second-order valence-corrected chi connectivity index (χ2v) is 4.40. The molecule has 18 heavy (non-hydrogen) atoms. The van der Waals surface area contributed by atoms with Gasteiger partial charge in [0.2, 0.25) is 0 Å². The fourth-order valence-electron chi connectivity index (χ4n) is 0.909. The van der Waals surface area contributed by atoms with Crippen LogP contribution in [0.4, 0.5) is 0 Å². The second kappa shape index (κ2) is 8.93. The van der Waals surface area contributed by atoms with Gasteiger partial charge in [-0.2, -0.15) is 0 Å². The quantitative estimate of drug-likeness (QED) is 0.129. The predicted octanol–water partition coefficient (Wildman–Crippen LogP) is -4.80. The zero-order valence-corrected chi connectivity index (χ0v) is 9.33. The molecular formula is C6H16NaO10P. The number of phosphoric ester groups is 1. The SMILES string of the molecule is O=P(O)(O)OC(O)[C@@H](O)[C@@H](O)[C@H](O)[C@H](O)CO.[NaH]. The summed E-state index contributed by atoms with van der Waals surface area (Å²) in [6.07, 6.45) is -10.8. The van der Waals surface area contributed by atoms with Gasteiger partial charge in [0.25, 0.3) is 0 Å². The molecule has 0 aromatic carbocycles. The molecule has 0 rings (SSSR count). The number of hydrogen-bond acceptors (Lipinski definition) is 8. The van der Waals surface area contributed by atoms with E-state index in [4.69, 9.17) is 35.3 Å². The van der Waals surface area contributed by atoms with Crippen LogP contribution in [0.3, 0.4) is 0 Å². The third kappa shape index (κ3) is 7.46. The molecule has 0 amide bonds. The summed E-state index contributed by atoms with van der Waals surface area (Å²) in [5, 5.41) is 53.8. The Kier molecular flexibility index (Phi) is 10.5. The van der Waals surface area contributed by atoms with Crippen molar-refractivity contribution in [2.45, 2.75) is 30.7 Å². The molecule has 106 valence electrons. The van der Waals surface area contributed by atoms with E-state index >= 15 is 0 Å².